The number of halogens is 3. The van der Waals surface area contributed by atoms with Crippen LogP contribution in [-0.4, -0.2) is 40.3 Å². The van der Waals surface area contributed by atoms with Crippen molar-refractivity contribution in [1.82, 2.24) is 0 Å². The molecular formula is C13H19F3O4S2. The highest BCUT2D eigenvalue weighted by atomic mass is 32.2. The second-order valence-corrected chi connectivity index (χ2v) is 6.44. The number of hydrogen-bond acceptors (Lipinski definition) is 6. The van der Waals surface area contributed by atoms with Crippen LogP contribution < -0.4 is 0 Å². The summed E-state index contributed by atoms with van der Waals surface area (Å²) in [6.45, 7) is 4.28. The lowest BCUT2D eigenvalue weighted by atomic mass is 10.1. The highest BCUT2D eigenvalue weighted by molar-refractivity contribution is 8.23. The van der Waals surface area contributed by atoms with Gasteiger partial charge in [-0.1, -0.05) is 11.8 Å². The van der Waals surface area contributed by atoms with Crippen LogP contribution >= 0.6 is 24.0 Å². The van der Waals surface area contributed by atoms with Crippen molar-refractivity contribution in [2.45, 2.75) is 57.6 Å². The number of thioether (sulfide) groups is 1. The van der Waals surface area contributed by atoms with Gasteiger partial charge in [0, 0.05) is 25.0 Å². The van der Waals surface area contributed by atoms with Crippen molar-refractivity contribution >= 4 is 40.1 Å². The lowest BCUT2D eigenvalue weighted by Crippen LogP contribution is -2.36. The summed E-state index contributed by atoms with van der Waals surface area (Å²) in [4.78, 5) is 21.9. The number of hydrogen-bond donors (Lipinski definition) is 0. The van der Waals surface area contributed by atoms with Crippen molar-refractivity contribution in [3.8, 4) is 0 Å². The minimum atomic E-state index is -4.67. The number of carbonyl (C=O) groups is 2. The molecule has 9 heteroatoms. The van der Waals surface area contributed by atoms with E-state index in [-0.39, 0.29) is 23.0 Å². The number of ether oxygens (including phenoxy) is 2. The molecule has 2 atom stereocenters. The predicted octanol–water partition coefficient (Wildman–Crippen LogP) is 3.66. The summed E-state index contributed by atoms with van der Waals surface area (Å²) in [7, 11) is 0. The van der Waals surface area contributed by atoms with E-state index in [1.165, 1.54) is 6.92 Å². The zero-order valence-corrected chi connectivity index (χ0v) is 14.2. The predicted molar refractivity (Wildman–Crippen MR) is 81.7 cm³/mol. The fourth-order valence-corrected chi connectivity index (χ4v) is 3.06. The number of thiocarbonyl (C=S) groups is 1. The van der Waals surface area contributed by atoms with E-state index in [1.807, 2.05) is 0 Å². The summed E-state index contributed by atoms with van der Waals surface area (Å²) in [6.07, 6.45) is -7.06. The largest absolute Gasteiger partial charge is 0.479 e. The number of rotatable bonds is 8. The van der Waals surface area contributed by atoms with Crippen LogP contribution in [-0.2, 0) is 19.1 Å². The second-order valence-electron chi connectivity index (χ2n) is 4.54. The van der Waals surface area contributed by atoms with Crippen molar-refractivity contribution in [2.75, 3.05) is 6.61 Å². The summed E-state index contributed by atoms with van der Waals surface area (Å²) >= 11 is 5.86. The van der Waals surface area contributed by atoms with Crippen LogP contribution in [0.3, 0.4) is 0 Å². The quantitative estimate of drug-likeness (QED) is 0.486. The maximum Gasteiger partial charge on any atom is 0.425 e. The van der Waals surface area contributed by atoms with Crippen LogP contribution in [0.15, 0.2) is 0 Å². The van der Waals surface area contributed by atoms with Gasteiger partial charge in [0.15, 0.2) is 6.10 Å². The monoisotopic (exact) mass is 360 g/mol. The van der Waals surface area contributed by atoms with E-state index < -0.39 is 29.9 Å². The minimum Gasteiger partial charge on any atom is -0.479 e. The highest BCUT2D eigenvalue weighted by Crippen LogP contribution is 2.32. The third-order valence-electron chi connectivity index (χ3n) is 2.49. The van der Waals surface area contributed by atoms with Gasteiger partial charge < -0.3 is 14.3 Å². The molecule has 0 amide bonds. The van der Waals surface area contributed by atoms with Gasteiger partial charge in [-0.3, -0.25) is 4.79 Å². The SMILES string of the molecule is CCOC(=S)SC(CCC(C)=O)CC(OC(C)=O)C(F)(F)F. The van der Waals surface area contributed by atoms with E-state index in [1.54, 1.807) is 6.92 Å². The van der Waals surface area contributed by atoms with Gasteiger partial charge in [0.05, 0.1) is 6.61 Å². The average Bonchev–Trinajstić information content (AvgIpc) is 2.33. The van der Waals surface area contributed by atoms with Gasteiger partial charge in [-0.05, 0) is 32.5 Å². The Morgan fingerprint density at radius 1 is 1.27 bits per heavy atom. The summed E-state index contributed by atoms with van der Waals surface area (Å²) in [6, 6.07) is 0. The zero-order valence-electron chi connectivity index (χ0n) is 12.6. The first kappa shape index (κ1) is 21.2. The van der Waals surface area contributed by atoms with Crippen LogP contribution in [0.5, 0.6) is 0 Å². The molecule has 0 aromatic rings. The molecule has 0 rings (SSSR count). The van der Waals surface area contributed by atoms with E-state index in [0.717, 1.165) is 18.7 Å². The Kier molecular flexibility index (Phi) is 9.66. The first-order valence-electron chi connectivity index (χ1n) is 6.63. The van der Waals surface area contributed by atoms with Crippen LogP contribution in [0.4, 0.5) is 13.2 Å². The van der Waals surface area contributed by atoms with Crippen molar-refractivity contribution in [3.63, 3.8) is 0 Å². The number of alkyl halides is 3. The summed E-state index contributed by atoms with van der Waals surface area (Å²) in [5.41, 5.74) is 0. The molecule has 0 N–H and O–H groups in total. The molecule has 0 aliphatic heterocycles. The van der Waals surface area contributed by atoms with Gasteiger partial charge >= 0.3 is 12.1 Å². The molecule has 2 unspecified atom stereocenters. The molecule has 0 bridgehead atoms. The topological polar surface area (TPSA) is 52.6 Å². The molecule has 0 saturated heterocycles. The minimum absolute atomic E-state index is 0.111. The Hall–Kier alpha value is -0.830. The standard InChI is InChI=1S/C13H19F3O4S2/c1-4-19-12(21)22-10(6-5-8(2)17)7-11(13(14,15)16)20-9(3)18/h10-11H,4-7H2,1-3H3. The lowest BCUT2D eigenvalue weighted by Gasteiger charge is -2.24. The Morgan fingerprint density at radius 2 is 1.86 bits per heavy atom. The summed E-state index contributed by atoms with van der Waals surface area (Å²) in [5, 5.41) is -0.631. The first-order chi connectivity index (χ1) is 10.1. The van der Waals surface area contributed by atoms with Crippen molar-refractivity contribution in [2.24, 2.45) is 0 Å². The molecule has 0 spiro atoms. The van der Waals surface area contributed by atoms with Crippen LogP contribution in [0.1, 0.15) is 40.0 Å². The van der Waals surface area contributed by atoms with Crippen molar-refractivity contribution < 1.29 is 32.2 Å². The van der Waals surface area contributed by atoms with Crippen LogP contribution in [0.2, 0.25) is 0 Å². The first-order valence-corrected chi connectivity index (χ1v) is 7.91. The highest BCUT2D eigenvalue weighted by Gasteiger charge is 2.43. The van der Waals surface area contributed by atoms with E-state index >= 15 is 0 Å². The number of Topliss-reactive ketones (excluding diaryl/α,β-unsaturated/α-hetero) is 1. The van der Waals surface area contributed by atoms with Crippen molar-refractivity contribution in [3.05, 3.63) is 0 Å². The Labute approximate surface area is 137 Å². The van der Waals surface area contributed by atoms with E-state index in [4.69, 9.17) is 17.0 Å². The van der Waals surface area contributed by atoms with Crippen LogP contribution in [0.25, 0.3) is 0 Å². The van der Waals surface area contributed by atoms with Gasteiger partial charge in [-0.2, -0.15) is 13.2 Å². The maximum atomic E-state index is 12.9. The Balaban J connectivity index is 4.91. The third-order valence-corrected chi connectivity index (χ3v) is 3.97. The second kappa shape index (κ2) is 10.0. The molecule has 0 fully saturated rings. The summed E-state index contributed by atoms with van der Waals surface area (Å²) in [5.74, 6) is -1.14. The fraction of sp³-hybridized carbons (Fsp3) is 0.769. The molecular weight excluding hydrogens is 341 g/mol. The average molecular weight is 360 g/mol. The molecule has 0 aliphatic rings. The number of ketones is 1. The molecule has 4 nitrogen and oxygen atoms in total. The van der Waals surface area contributed by atoms with Gasteiger partial charge in [-0.15, -0.1) is 0 Å². The zero-order chi connectivity index (χ0) is 17.3. The molecule has 128 valence electrons. The molecule has 22 heavy (non-hydrogen) atoms. The van der Waals surface area contributed by atoms with Gasteiger partial charge in [0.1, 0.15) is 5.78 Å². The third kappa shape index (κ3) is 9.99. The molecule has 0 aliphatic carbocycles. The van der Waals surface area contributed by atoms with Crippen molar-refractivity contribution in [1.29, 1.82) is 0 Å². The fourth-order valence-electron chi connectivity index (χ4n) is 1.56. The Morgan fingerprint density at radius 3 is 2.27 bits per heavy atom. The molecule has 0 saturated carbocycles. The normalized spacial score (nSPS) is 14.1. The van der Waals surface area contributed by atoms with Gasteiger partial charge in [0.25, 0.3) is 0 Å². The smallest absolute Gasteiger partial charge is 0.425 e. The Bertz CT molecular complexity index is 399. The lowest BCUT2D eigenvalue weighted by molar-refractivity contribution is -0.221. The molecule has 0 aromatic carbocycles. The number of carbonyl (C=O) groups excluding carboxylic acids is 2. The summed E-state index contributed by atoms with van der Waals surface area (Å²) < 4.78 is 48.2. The molecule has 0 heterocycles. The van der Waals surface area contributed by atoms with E-state index in [2.05, 4.69) is 4.74 Å². The van der Waals surface area contributed by atoms with Gasteiger partial charge in [-0.25, -0.2) is 0 Å². The molecule has 0 radical (unpaired) electrons. The molecule has 0 aromatic heterocycles. The maximum absolute atomic E-state index is 12.9. The van der Waals surface area contributed by atoms with E-state index in [9.17, 15) is 22.8 Å². The van der Waals surface area contributed by atoms with E-state index in [0.29, 0.717) is 6.61 Å². The van der Waals surface area contributed by atoms with Gasteiger partial charge in [0.2, 0.25) is 4.38 Å². The van der Waals surface area contributed by atoms with Crippen LogP contribution in [0, 0.1) is 0 Å². The number of esters is 1.